The zero-order chi connectivity index (χ0) is 23.5. The third-order valence-electron chi connectivity index (χ3n) is 6.08. The van der Waals surface area contributed by atoms with Gasteiger partial charge in [-0.25, -0.2) is 25.4 Å². The molecule has 2 aliphatic rings. The van der Waals surface area contributed by atoms with Gasteiger partial charge in [0, 0.05) is 52.0 Å². The minimum atomic E-state index is -3.67. The Balaban J connectivity index is 1.79. The topological polar surface area (TPSA) is 107 Å². The molecule has 0 atom stereocenters. The fourth-order valence-electron chi connectivity index (χ4n) is 4.23. The monoisotopic (exact) mass is 486 g/mol. The van der Waals surface area contributed by atoms with Gasteiger partial charge >= 0.3 is 0 Å². The van der Waals surface area contributed by atoms with E-state index in [0.717, 1.165) is 35.9 Å². The van der Waals surface area contributed by atoms with Gasteiger partial charge in [0.1, 0.15) is 0 Å². The molecule has 32 heavy (non-hydrogen) atoms. The van der Waals surface area contributed by atoms with Crippen LogP contribution in [0.3, 0.4) is 0 Å². The van der Waals surface area contributed by atoms with Gasteiger partial charge in [0.05, 0.1) is 16.2 Å². The Morgan fingerprint density at radius 2 is 1.69 bits per heavy atom. The predicted molar refractivity (Wildman–Crippen MR) is 125 cm³/mol. The smallest absolute Gasteiger partial charge is 0.253 e. The first-order chi connectivity index (χ1) is 15.1. The van der Waals surface area contributed by atoms with Crippen molar-refractivity contribution in [1.29, 1.82) is 0 Å². The van der Waals surface area contributed by atoms with Gasteiger partial charge in [-0.05, 0) is 50.3 Å². The first-order valence-electron chi connectivity index (χ1n) is 11.2. The number of carbonyl (C=O) groups excluding carboxylic acids is 1. The number of benzene rings is 1. The minimum absolute atomic E-state index is 0.0797. The van der Waals surface area contributed by atoms with E-state index in [1.165, 1.54) is 24.5 Å². The highest BCUT2D eigenvalue weighted by molar-refractivity contribution is 7.89. The zero-order valence-electron chi connectivity index (χ0n) is 19.1. The van der Waals surface area contributed by atoms with Crippen molar-refractivity contribution in [1.82, 2.24) is 13.9 Å². The molecule has 0 saturated carbocycles. The average Bonchev–Trinajstić information content (AvgIpc) is 3.28. The van der Waals surface area contributed by atoms with Crippen molar-refractivity contribution in [3.8, 4) is 0 Å². The molecule has 3 rings (SSSR count). The van der Waals surface area contributed by atoms with Gasteiger partial charge in [0.25, 0.3) is 5.91 Å². The largest absolute Gasteiger partial charge is 0.371 e. The molecule has 11 heteroatoms. The molecule has 0 bridgehead atoms. The van der Waals surface area contributed by atoms with Crippen molar-refractivity contribution in [3.63, 3.8) is 0 Å². The van der Waals surface area contributed by atoms with Crippen molar-refractivity contribution in [2.24, 2.45) is 0 Å². The maximum atomic E-state index is 13.2. The lowest BCUT2D eigenvalue weighted by molar-refractivity contribution is 0.0924. The maximum absolute atomic E-state index is 13.2. The molecule has 2 heterocycles. The van der Waals surface area contributed by atoms with E-state index in [9.17, 15) is 21.6 Å². The van der Waals surface area contributed by atoms with E-state index in [0.29, 0.717) is 37.9 Å². The van der Waals surface area contributed by atoms with Crippen molar-refractivity contribution >= 4 is 31.6 Å². The van der Waals surface area contributed by atoms with Crippen LogP contribution in [0.5, 0.6) is 0 Å². The Morgan fingerprint density at radius 3 is 2.25 bits per heavy atom. The average molecular weight is 487 g/mol. The predicted octanol–water partition coefficient (Wildman–Crippen LogP) is 1.47. The molecule has 0 aromatic heterocycles. The Bertz CT molecular complexity index is 1030. The summed E-state index contributed by atoms with van der Waals surface area (Å²) in [5, 5.41) is 3.02. The summed E-state index contributed by atoms with van der Waals surface area (Å²) in [4.78, 5) is 15.4. The number of sulfonamides is 2. The molecule has 0 unspecified atom stereocenters. The number of hydrogen-bond donors (Lipinski definition) is 1. The lowest BCUT2D eigenvalue weighted by atomic mass is 10.1. The number of amides is 1. The van der Waals surface area contributed by atoms with E-state index < -0.39 is 20.0 Å². The fraction of sp³-hybridized carbons (Fsp3) is 0.667. The number of nitrogens with zero attached hydrogens (tertiary/aromatic N) is 3. The Labute approximate surface area is 191 Å². The highest BCUT2D eigenvalue weighted by Gasteiger charge is 2.30. The standard InChI is InChI=1S/C21H34N4O5S2/c1-4-15-31(27,28)25-13-9-17(10-14-25)22-21(26)19-16-18(32(29,30)23(2)3)7-8-20(19)24-11-5-6-12-24/h7-8,16-17H,4-6,9-15H2,1-3H3,(H,22,26). The lowest BCUT2D eigenvalue weighted by Crippen LogP contribution is -2.47. The minimum Gasteiger partial charge on any atom is -0.371 e. The van der Waals surface area contributed by atoms with Crippen molar-refractivity contribution in [2.45, 2.75) is 50.0 Å². The first-order valence-corrected chi connectivity index (χ1v) is 14.2. The second kappa shape index (κ2) is 10.1. The quantitative estimate of drug-likeness (QED) is 0.596. The molecule has 0 radical (unpaired) electrons. The molecule has 1 amide bonds. The number of anilines is 1. The lowest BCUT2D eigenvalue weighted by Gasteiger charge is -2.32. The summed E-state index contributed by atoms with van der Waals surface area (Å²) in [7, 11) is -3.99. The molecule has 1 aromatic rings. The Hall–Kier alpha value is -1.69. The summed E-state index contributed by atoms with van der Waals surface area (Å²) < 4.78 is 52.5. The highest BCUT2D eigenvalue weighted by atomic mass is 32.2. The van der Waals surface area contributed by atoms with Gasteiger partial charge in [-0.15, -0.1) is 0 Å². The SMILES string of the molecule is CCCS(=O)(=O)N1CCC(NC(=O)c2cc(S(=O)(=O)N(C)C)ccc2N2CCCC2)CC1. The summed E-state index contributed by atoms with van der Waals surface area (Å²) >= 11 is 0. The molecule has 2 aliphatic heterocycles. The van der Waals surface area contributed by atoms with E-state index in [1.54, 1.807) is 12.1 Å². The van der Waals surface area contributed by atoms with Gasteiger partial charge < -0.3 is 10.2 Å². The third-order valence-corrected chi connectivity index (χ3v) is 9.97. The number of rotatable bonds is 8. The first kappa shape index (κ1) is 24.9. The number of piperidine rings is 1. The summed E-state index contributed by atoms with van der Waals surface area (Å²) in [5.41, 5.74) is 1.08. The van der Waals surface area contributed by atoms with E-state index >= 15 is 0 Å². The van der Waals surface area contributed by atoms with Crippen molar-refractivity contribution < 1.29 is 21.6 Å². The fourth-order valence-corrected chi connectivity index (χ4v) is 6.70. The van der Waals surface area contributed by atoms with Crippen LogP contribution in [0.25, 0.3) is 0 Å². The number of nitrogens with one attached hydrogen (secondary N) is 1. The molecular weight excluding hydrogens is 452 g/mol. The number of carbonyl (C=O) groups is 1. The molecule has 180 valence electrons. The summed E-state index contributed by atoms with van der Waals surface area (Å²) in [6.07, 6.45) is 3.70. The Kier molecular flexibility index (Phi) is 7.85. The maximum Gasteiger partial charge on any atom is 0.253 e. The summed E-state index contributed by atoms with van der Waals surface area (Å²) in [5.74, 6) is -0.186. The summed E-state index contributed by atoms with van der Waals surface area (Å²) in [6.45, 7) is 4.25. The van der Waals surface area contributed by atoms with Crippen LogP contribution in [0, 0.1) is 0 Å². The van der Waals surface area contributed by atoms with Crippen molar-refractivity contribution in [3.05, 3.63) is 23.8 Å². The van der Waals surface area contributed by atoms with Crippen LogP contribution in [0.2, 0.25) is 0 Å². The van der Waals surface area contributed by atoms with Crippen LogP contribution in [0.1, 0.15) is 49.4 Å². The van der Waals surface area contributed by atoms with Crippen molar-refractivity contribution in [2.75, 3.05) is 50.9 Å². The molecule has 0 spiro atoms. The van der Waals surface area contributed by atoms with E-state index in [-0.39, 0.29) is 22.6 Å². The molecule has 1 aromatic carbocycles. The van der Waals surface area contributed by atoms with Gasteiger partial charge in [0.2, 0.25) is 20.0 Å². The number of hydrogen-bond acceptors (Lipinski definition) is 6. The van der Waals surface area contributed by atoms with Crippen LogP contribution in [0.4, 0.5) is 5.69 Å². The van der Waals surface area contributed by atoms with Gasteiger partial charge in [-0.3, -0.25) is 4.79 Å². The second-order valence-electron chi connectivity index (χ2n) is 8.62. The van der Waals surface area contributed by atoms with E-state index in [4.69, 9.17) is 0 Å². The van der Waals surface area contributed by atoms with Crippen LogP contribution in [0.15, 0.2) is 23.1 Å². The van der Waals surface area contributed by atoms with E-state index in [1.807, 2.05) is 6.92 Å². The molecule has 0 aliphatic carbocycles. The second-order valence-corrected chi connectivity index (χ2v) is 12.9. The van der Waals surface area contributed by atoms with Gasteiger partial charge in [-0.2, -0.15) is 0 Å². The van der Waals surface area contributed by atoms with Crippen LogP contribution < -0.4 is 10.2 Å². The molecule has 9 nitrogen and oxygen atoms in total. The molecule has 2 fully saturated rings. The Morgan fingerprint density at radius 1 is 1.06 bits per heavy atom. The summed E-state index contributed by atoms with van der Waals surface area (Å²) in [6, 6.07) is 4.57. The molecule has 2 saturated heterocycles. The normalized spacial score (nSPS) is 18.9. The third kappa shape index (κ3) is 5.44. The van der Waals surface area contributed by atoms with Gasteiger partial charge in [0.15, 0.2) is 0 Å². The van der Waals surface area contributed by atoms with Gasteiger partial charge in [-0.1, -0.05) is 6.92 Å². The van der Waals surface area contributed by atoms with E-state index in [2.05, 4.69) is 10.2 Å². The van der Waals surface area contributed by atoms with Crippen LogP contribution in [-0.4, -0.2) is 83.4 Å². The van der Waals surface area contributed by atoms with Crippen LogP contribution in [-0.2, 0) is 20.0 Å². The zero-order valence-corrected chi connectivity index (χ0v) is 20.7. The highest BCUT2D eigenvalue weighted by Crippen LogP contribution is 2.28. The van der Waals surface area contributed by atoms with Crippen LogP contribution >= 0.6 is 0 Å². The molecular formula is C21H34N4O5S2. The molecule has 1 N–H and O–H groups in total.